The highest BCUT2D eigenvalue weighted by Gasteiger charge is 2.20. The largest absolute Gasteiger partial charge is 0.395 e. The van der Waals surface area contributed by atoms with E-state index in [0.29, 0.717) is 12.1 Å². The number of hydrogen-bond donors (Lipinski definition) is 1. The Morgan fingerprint density at radius 3 is 2.73 bits per heavy atom. The SMILES string of the molecule is O=C(c1cccc(-c2nc3ccccc3n2CCO)c1)N1CCSCC1. The van der Waals surface area contributed by atoms with Gasteiger partial charge >= 0.3 is 0 Å². The molecule has 1 aliphatic heterocycles. The first-order chi connectivity index (χ1) is 12.8. The van der Waals surface area contributed by atoms with Crippen molar-refractivity contribution in [1.29, 1.82) is 0 Å². The first-order valence-corrected chi connectivity index (χ1v) is 9.97. The van der Waals surface area contributed by atoms with E-state index in [9.17, 15) is 9.90 Å². The standard InChI is InChI=1S/C20H21N3O2S/c24-11-8-23-18-7-2-1-6-17(18)21-19(23)15-4-3-5-16(14-15)20(25)22-9-12-26-13-10-22/h1-7,14,24H,8-13H2. The number of carbonyl (C=O) groups is 1. The molecule has 0 atom stereocenters. The molecule has 1 aliphatic rings. The Morgan fingerprint density at radius 1 is 1.12 bits per heavy atom. The molecule has 0 saturated carbocycles. The van der Waals surface area contributed by atoms with Gasteiger partial charge in [-0.2, -0.15) is 11.8 Å². The Hall–Kier alpha value is -2.31. The van der Waals surface area contributed by atoms with Crippen LogP contribution in [-0.4, -0.2) is 56.7 Å². The van der Waals surface area contributed by atoms with Gasteiger partial charge < -0.3 is 14.6 Å². The molecule has 0 bridgehead atoms. The average Bonchev–Trinajstić information content (AvgIpc) is 3.07. The normalized spacial score (nSPS) is 14.7. The van der Waals surface area contributed by atoms with E-state index >= 15 is 0 Å². The van der Waals surface area contributed by atoms with Gasteiger partial charge in [-0.15, -0.1) is 0 Å². The lowest BCUT2D eigenvalue weighted by molar-refractivity contribution is 0.0772. The van der Waals surface area contributed by atoms with Crippen LogP contribution in [0.25, 0.3) is 22.4 Å². The Balaban J connectivity index is 1.73. The molecule has 0 radical (unpaired) electrons. The van der Waals surface area contributed by atoms with E-state index in [1.165, 1.54) is 0 Å². The number of carbonyl (C=O) groups excluding carboxylic acids is 1. The van der Waals surface area contributed by atoms with Crippen molar-refractivity contribution in [3.8, 4) is 11.4 Å². The smallest absolute Gasteiger partial charge is 0.253 e. The van der Waals surface area contributed by atoms with Gasteiger partial charge in [-0.1, -0.05) is 24.3 Å². The summed E-state index contributed by atoms with van der Waals surface area (Å²) < 4.78 is 2.01. The number of benzene rings is 2. The lowest BCUT2D eigenvalue weighted by atomic mass is 10.1. The van der Waals surface area contributed by atoms with Crippen molar-refractivity contribution in [2.45, 2.75) is 6.54 Å². The molecule has 6 heteroatoms. The number of imidazole rings is 1. The predicted octanol–water partition coefficient (Wildman–Crippen LogP) is 2.88. The van der Waals surface area contributed by atoms with Crippen LogP contribution in [0.3, 0.4) is 0 Å². The Kier molecular flexibility index (Phi) is 4.95. The van der Waals surface area contributed by atoms with Gasteiger partial charge in [0.05, 0.1) is 17.6 Å². The van der Waals surface area contributed by atoms with E-state index in [1.54, 1.807) is 0 Å². The van der Waals surface area contributed by atoms with Crippen LogP contribution in [0.1, 0.15) is 10.4 Å². The summed E-state index contributed by atoms with van der Waals surface area (Å²) in [5.41, 5.74) is 3.46. The zero-order valence-electron chi connectivity index (χ0n) is 14.5. The third kappa shape index (κ3) is 3.22. The monoisotopic (exact) mass is 367 g/mol. The lowest BCUT2D eigenvalue weighted by Gasteiger charge is -2.26. The Bertz CT molecular complexity index is 932. The minimum atomic E-state index is 0.0391. The summed E-state index contributed by atoms with van der Waals surface area (Å²) in [6.07, 6.45) is 0. The molecule has 2 aromatic carbocycles. The van der Waals surface area contributed by atoms with E-state index in [-0.39, 0.29) is 12.5 Å². The minimum absolute atomic E-state index is 0.0391. The van der Waals surface area contributed by atoms with Crippen LogP contribution in [0.4, 0.5) is 0 Å². The van der Waals surface area contributed by atoms with Crippen LogP contribution in [0.2, 0.25) is 0 Å². The number of aliphatic hydroxyl groups excluding tert-OH is 1. The van der Waals surface area contributed by atoms with Crippen LogP contribution in [0.5, 0.6) is 0 Å². The fraction of sp³-hybridized carbons (Fsp3) is 0.300. The third-order valence-electron chi connectivity index (χ3n) is 4.64. The highest BCUT2D eigenvalue weighted by molar-refractivity contribution is 7.99. The van der Waals surface area contributed by atoms with Gasteiger partial charge in [0.2, 0.25) is 0 Å². The number of aromatic nitrogens is 2. The van der Waals surface area contributed by atoms with Crippen molar-refractivity contribution in [3.63, 3.8) is 0 Å². The van der Waals surface area contributed by atoms with Crippen LogP contribution >= 0.6 is 11.8 Å². The van der Waals surface area contributed by atoms with Gasteiger partial charge in [0, 0.05) is 42.3 Å². The molecule has 4 rings (SSSR count). The highest BCUT2D eigenvalue weighted by atomic mass is 32.2. The van der Waals surface area contributed by atoms with Gasteiger partial charge in [-0.05, 0) is 24.3 Å². The van der Waals surface area contributed by atoms with Crippen molar-refractivity contribution in [2.75, 3.05) is 31.2 Å². The molecule has 1 amide bonds. The third-order valence-corrected chi connectivity index (χ3v) is 5.59. The summed E-state index contributed by atoms with van der Waals surface area (Å²) >= 11 is 1.89. The number of nitrogens with zero attached hydrogens (tertiary/aromatic N) is 3. The number of aliphatic hydroxyl groups is 1. The maximum Gasteiger partial charge on any atom is 0.253 e. The maximum atomic E-state index is 12.8. The van der Waals surface area contributed by atoms with E-state index < -0.39 is 0 Å². The number of para-hydroxylation sites is 2. The Morgan fingerprint density at radius 2 is 1.92 bits per heavy atom. The first kappa shape index (κ1) is 17.1. The molecular formula is C20H21N3O2S. The van der Waals surface area contributed by atoms with E-state index in [1.807, 2.05) is 69.8 Å². The minimum Gasteiger partial charge on any atom is -0.395 e. The fourth-order valence-electron chi connectivity index (χ4n) is 3.36. The molecule has 5 nitrogen and oxygen atoms in total. The van der Waals surface area contributed by atoms with Crippen molar-refractivity contribution in [1.82, 2.24) is 14.5 Å². The Labute approximate surface area is 156 Å². The maximum absolute atomic E-state index is 12.8. The molecule has 1 fully saturated rings. The highest BCUT2D eigenvalue weighted by Crippen LogP contribution is 2.26. The van der Waals surface area contributed by atoms with Crippen molar-refractivity contribution in [3.05, 3.63) is 54.1 Å². The second-order valence-electron chi connectivity index (χ2n) is 6.28. The number of hydrogen-bond acceptors (Lipinski definition) is 4. The fourth-order valence-corrected chi connectivity index (χ4v) is 4.27. The van der Waals surface area contributed by atoms with Crippen molar-refractivity contribution in [2.24, 2.45) is 0 Å². The zero-order chi connectivity index (χ0) is 17.9. The van der Waals surface area contributed by atoms with Gasteiger partial charge in [-0.3, -0.25) is 4.79 Å². The van der Waals surface area contributed by atoms with Gasteiger partial charge in [0.15, 0.2) is 0 Å². The topological polar surface area (TPSA) is 58.4 Å². The molecule has 1 N–H and O–H groups in total. The number of fused-ring (bicyclic) bond motifs is 1. The second kappa shape index (κ2) is 7.51. The van der Waals surface area contributed by atoms with E-state index in [0.717, 1.165) is 47.0 Å². The summed E-state index contributed by atoms with van der Waals surface area (Å²) in [4.78, 5) is 19.5. The molecule has 2 heterocycles. The average molecular weight is 367 g/mol. The van der Waals surface area contributed by atoms with E-state index in [4.69, 9.17) is 4.98 Å². The molecule has 1 saturated heterocycles. The lowest BCUT2D eigenvalue weighted by Crippen LogP contribution is -2.37. The zero-order valence-corrected chi connectivity index (χ0v) is 15.3. The van der Waals surface area contributed by atoms with Crippen LogP contribution in [0.15, 0.2) is 48.5 Å². The van der Waals surface area contributed by atoms with Crippen LogP contribution in [0, 0.1) is 0 Å². The quantitative estimate of drug-likeness (QED) is 0.770. The molecular weight excluding hydrogens is 346 g/mol. The van der Waals surface area contributed by atoms with Crippen molar-refractivity contribution >= 4 is 28.7 Å². The predicted molar refractivity (Wildman–Crippen MR) is 105 cm³/mol. The summed E-state index contributed by atoms with van der Waals surface area (Å²) in [6, 6.07) is 15.6. The number of amides is 1. The molecule has 0 spiro atoms. The molecule has 0 aliphatic carbocycles. The van der Waals surface area contributed by atoms with Crippen molar-refractivity contribution < 1.29 is 9.90 Å². The molecule has 0 unspecified atom stereocenters. The number of thioether (sulfide) groups is 1. The van der Waals surface area contributed by atoms with Gasteiger partial charge in [0.1, 0.15) is 5.82 Å². The summed E-state index contributed by atoms with van der Waals surface area (Å²) in [7, 11) is 0. The first-order valence-electron chi connectivity index (χ1n) is 8.81. The summed E-state index contributed by atoms with van der Waals surface area (Å²) in [6.45, 7) is 2.11. The summed E-state index contributed by atoms with van der Waals surface area (Å²) in [5.74, 6) is 2.86. The summed E-state index contributed by atoms with van der Waals surface area (Å²) in [5, 5.41) is 9.47. The molecule has 1 aromatic heterocycles. The van der Waals surface area contributed by atoms with Crippen LogP contribution < -0.4 is 0 Å². The number of rotatable bonds is 4. The van der Waals surface area contributed by atoms with Crippen LogP contribution in [-0.2, 0) is 6.54 Å². The van der Waals surface area contributed by atoms with Gasteiger partial charge in [0.25, 0.3) is 5.91 Å². The second-order valence-corrected chi connectivity index (χ2v) is 7.51. The molecule has 26 heavy (non-hydrogen) atoms. The van der Waals surface area contributed by atoms with E-state index in [2.05, 4.69) is 0 Å². The van der Waals surface area contributed by atoms with Gasteiger partial charge in [-0.25, -0.2) is 4.98 Å². The molecule has 134 valence electrons. The molecule has 3 aromatic rings.